The molecular weight excluding hydrogens is 476 g/mol. The quantitative estimate of drug-likeness (QED) is 0.329. The van der Waals surface area contributed by atoms with E-state index in [0.29, 0.717) is 27.4 Å². The maximum atomic E-state index is 13.2. The van der Waals surface area contributed by atoms with Crippen molar-refractivity contribution in [1.29, 1.82) is 0 Å². The second-order valence-electron chi connectivity index (χ2n) is 8.13. The molecule has 0 aliphatic rings. The summed E-state index contributed by atoms with van der Waals surface area (Å²) in [5.41, 5.74) is 8.75. The number of carboxylic acids is 1. The minimum atomic E-state index is -3.77. The minimum absolute atomic E-state index is 0.140. The number of aliphatic carboxylic acids is 1. The second-order valence-corrected chi connectivity index (χ2v) is 10.5. The van der Waals surface area contributed by atoms with Gasteiger partial charge in [0.25, 0.3) is 0 Å². The van der Waals surface area contributed by atoms with Gasteiger partial charge in [0.2, 0.25) is 9.84 Å². The van der Waals surface area contributed by atoms with Crippen LogP contribution in [-0.2, 0) is 21.1 Å². The molecule has 0 fully saturated rings. The number of hydrogen-bond acceptors (Lipinski definition) is 5. The van der Waals surface area contributed by atoms with Gasteiger partial charge in [-0.05, 0) is 79.4 Å². The molecule has 7 nitrogen and oxygen atoms in total. The first-order valence-electron chi connectivity index (χ1n) is 10.4. The smallest absolute Gasteiger partial charge is 0.320 e. The SMILES string of the molecule is Cc1cc(C[C@H](N)C(=O)O)cc(C)c1Oc1ccc2[nH]cc(S(=O)(=O)c3ccc(Cl)cc3)c2c1. The number of aromatic nitrogens is 1. The molecule has 4 rings (SSSR count). The average molecular weight is 499 g/mol. The number of carbonyl (C=O) groups is 1. The summed E-state index contributed by atoms with van der Waals surface area (Å²) < 4.78 is 32.6. The molecule has 34 heavy (non-hydrogen) atoms. The van der Waals surface area contributed by atoms with Crippen molar-refractivity contribution >= 4 is 38.3 Å². The van der Waals surface area contributed by atoms with Crippen molar-refractivity contribution in [2.75, 3.05) is 0 Å². The van der Waals surface area contributed by atoms with Crippen molar-refractivity contribution in [3.63, 3.8) is 0 Å². The van der Waals surface area contributed by atoms with Crippen LogP contribution in [0.4, 0.5) is 0 Å². The summed E-state index contributed by atoms with van der Waals surface area (Å²) in [5, 5.41) is 10.0. The molecule has 0 saturated heterocycles. The summed E-state index contributed by atoms with van der Waals surface area (Å²) in [6, 6.07) is 13.9. The monoisotopic (exact) mass is 498 g/mol. The Bertz CT molecular complexity index is 1470. The van der Waals surface area contributed by atoms with Crippen LogP contribution in [0, 0.1) is 13.8 Å². The van der Waals surface area contributed by atoms with Crippen molar-refractivity contribution in [2.24, 2.45) is 5.73 Å². The van der Waals surface area contributed by atoms with Crippen molar-refractivity contribution < 1.29 is 23.1 Å². The lowest BCUT2D eigenvalue weighted by atomic mass is 10.0. The normalized spacial score (nSPS) is 12.6. The predicted molar refractivity (Wildman–Crippen MR) is 131 cm³/mol. The summed E-state index contributed by atoms with van der Waals surface area (Å²) in [5.74, 6) is 0.0327. The van der Waals surface area contributed by atoms with Gasteiger partial charge in [0.05, 0.1) is 9.79 Å². The first-order chi connectivity index (χ1) is 16.1. The highest BCUT2D eigenvalue weighted by Gasteiger charge is 2.22. The van der Waals surface area contributed by atoms with Gasteiger partial charge in [0.15, 0.2) is 0 Å². The average Bonchev–Trinajstić information content (AvgIpc) is 3.20. The van der Waals surface area contributed by atoms with E-state index in [9.17, 15) is 13.2 Å². The fourth-order valence-corrected chi connectivity index (χ4v) is 5.43. The zero-order valence-electron chi connectivity index (χ0n) is 18.5. The highest BCUT2D eigenvalue weighted by molar-refractivity contribution is 7.91. The fraction of sp³-hybridized carbons (Fsp3) is 0.160. The number of aryl methyl sites for hydroxylation is 2. The van der Waals surface area contributed by atoms with Gasteiger partial charge < -0.3 is 20.6 Å². The first kappa shape index (κ1) is 23.8. The number of fused-ring (bicyclic) bond motifs is 1. The number of nitrogens with one attached hydrogen (secondary N) is 1. The van der Waals surface area contributed by atoms with Gasteiger partial charge in [-0.2, -0.15) is 0 Å². The van der Waals surface area contributed by atoms with Crippen LogP contribution >= 0.6 is 11.6 Å². The molecule has 0 aliphatic heterocycles. The van der Waals surface area contributed by atoms with Crippen LogP contribution in [0.2, 0.25) is 5.02 Å². The van der Waals surface area contributed by atoms with E-state index >= 15 is 0 Å². The summed E-state index contributed by atoms with van der Waals surface area (Å²) in [6.07, 6.45) is 1.67. The third-order valence-electron chi connectivity index (χ3n) is 5.54. The second kappa shape index (κ2) is 9.13. The molecule has 176 valence electrons. The van der Waals surface area contributed by atoms with E-state index in [1.807, 2.05) is 26.0 Å². The Morgan fingerprint density at radius 2 is 1.74 bits per heavy atom. The van der Waals surface area contributed by atoms with Gasteiger partial charge in [-0.1, -0.05) is 23.7 Å². The third-order valence-corrected chi connectivity index (χ3v) is 7.60. The van der Waals surface area contributed by atoms with E-state index in [1.54, 1.807) is 18.2 Å². The molecule has 1 aromatic heterocycles. The molecular formula is C25H23ClN2O5S. The van der Waals surface area contributed by atoms with Gasteiger partial charge in [0.1, 0.15) is 17.5 Å². The van der Waals surface area contributed by atoms with E-state index in [-0.39, 0.29) is 16.2 Å². The van der Waals surface area contributed by atoms with Crippen LogP contribution in [-0.4, -0.2) is 30.5 Å². The Hall–Kier alpha value is -3.33. The van der Waals surface area contributed by atoms with Gasteiger partial charge in [-0.25, -0.2) is 8.42 Å². The summed E-state index contributed by atoms with van der Waals surface area (Å²) in [7, 11) is -3.77. The maximum Gasteiger partial charge on any atom is 0.320 e. The molecule has 1 heterocycles. The molecule has 0 unspecified atom stereocenters. The largest absolute Gasteiger partial charge is 0.480 e. The summed E-state index contributed by atoms with van der Waals surface area (Å²) in [6.45, 7) is 3.73. The highest BCUT2D eigenvalue weighted by atomic mass is 35.5. The van der Waals surface area contributed by atoms with Gasteiger partial charge >= 0.3 is 5.97 Å². The zero-order chi connectivity index (χ0) is 24.6. The van der Waals surface area contributed by atoms with Crippen molar-refractivity contribution in [3.8, 4) is 11.5 Å². The Labute approximate surface area is 202 Å². The Morgan fingerprint density at radius 1 is 1.09 bits per heavy atom. The van der Waals surface area contributed by atoms with E-state index in [2.05, 4.69) is 4.98 Å². The predicted octanol–water partition coefficient (Wildman–Crippen LogP) is 5.02. The lowest BCUT2D eigenvalue weighted by Gasteiger charge is -2.15. The molecule has 4 aromatic rings. The molecule has 0 radical (unpaired) electrons. The van der Waals surface area contributed by atoms with E-state index in [0.717, 1.165) is 16.7 Å². The Kier molecular flexibility index (Phi) is 6.40. The van der Waals surface area contributed by atoms with Crippen molar-refractivity contribution in [1.82, 2.24) is 4.98 Å². The number of benzene rings is 3. The standard InChI is InChI=1S/C25H23ClN2O5S/c1-14-9-16(11-21(27)25(29)30)10-15(2)24(14)33-18-5-8-22-20(12-18)23(13-28-22)34(31,32)19-6-3-17(26)4-7-19/h3-10,12-13,21,28H,11,27H2,1-2H3,(H,29,30)/t21-/m0/s1. The number of sulfone groups is 1. The molecule has 9 heteroatoms. The van der Waals surface area contributed by atoms with Crippen LogP contribution in [0.3, 0.4) is 0 Å². The maximum absolute atomic E-state index is 13.2. The molecule has 0 bridgehead atoms. The number of carboxylic acid groups (broad SMARTS) is 1. The van der Waals surface area contributed by atoms with Crippen LogP contribution in [0.25, 0.3) is 10.9 Å². The van der Waals surface area contributed by atoms with Crippen LogP contribution in [0.15, 0.2) is 70.6 Å². The van der Waals surface area contributed by atoms with Crippen LogP contribution < -0.4 is 10.5 Å². The number of halogens is 1. The molecule has 0 aliphatic carbocycles. The molecule has 1 atom stereocenters. The number of hydrogen-bond donors (Lipinski definition) is 3. The van der Waals surface area contributed by atoms with Gasteiger partial charge in [0, 0.05) is 22.1 Å². The van der Waals surface area contributed by atoms with E-state index < -0.39 is 21.8 Å². The van der Waals surface area contributed by atoms with Crippen molar-refractivity contribution in [2.45, 2.75) is 36.1 Å². The number of nitrogens with two attached hydrogens (primary N) is 1. The molecule has 0 spiro atoms. The van der Waals surface area contributed by atoms with Gasteiger partial charge in [-0.3, -0.25) is 4.79 Å². The molecule has 4 N–H and O–H groups in total. The van der Waals surface area contributed by atoms with E-state index in [1.165, 1.54) is 30.5 Å². The summed E-state index contributed by atoms with van der Waals surface area (Å²) >= 11 is 5.90. The number of H-pyrrole nitrogens is 1. The first-order valence-corrected chi connectivity index (χ1v) is 12.3. The summed E-state index contributed by atoms with van der Waals surface area (Å²) in [4.78, 5) is 14.4. The number of ether oxygens (including phenoxy) is 1. The fourth-order valence-electron chi connectivity index (χ4n) is 3.88. The minimum Gasteiger partial charge on any atom is -0.480 e. The highest BCUT2D eigenvalue weighted by Crippen LogP contribution is 2.35. The lowest BCUT2D eigenvalue weighted by Crippen LogP contribution is -2.32. The number of aromatic amines is 1. The topological polar surface area (TPSA) is 122 Å². The van der Waals surface area contributed by atoms with Crippen molar-refractivity contribution in [3.05, 3.63) is 82.5 Å². The Morgan fingerprint density at radius 3 is 2.35 bits per heavy atom. The lowest BCUT2D eigenvalue weighted by molar-refractivity contribution is -0.138. The van der Waals surface area contributed by atoms with Crippen LogP contribution in [0.5, 0.6) is 11.5 Å². The third kappa shape index (κ3) is 4.65. The number of rotatable bonds is 7. The van der Waals surface area contributed by atoms with E-state index in [4.69, 9.17) is 27.2 Å². The van der Waals surface area contributed by atoms with Crippen LogP contribution in [0.1, 0.15) is 16.7 Å². The molecule has 0 amide bonds. The van der Waals surface area contributed by atoms with Gasteiger partial charge in [-0.15, -0.1) is 0 Å². The zero-order valence-corrected chi connectivity index (χ0v) is 20.1. The molecule has 3 aromatic carbocycles. The Balaban J connectivity index is 1.68. The molecule has 0 saturated carbocycles.